The smallest absolute Gasteiger partial charge is 0.0399 e. The van der Waals surface area contributed by atoms with Crippen LogP contribution in [-0.2, 0) is 0 Å². The van der Waals surface area contributed by atoms with Gasteiger partial charge in [-0.1, -0.05) is 59.6 Å². The first-order valence-corrected chi connectivity index (χ1v) is 8.33. The molecule has 0 bridgehead atoms. The zero-order chi connectivity index (χ0) is 16.4. The predicted molar refractivity (Wildman–Crippen MR) is 102 cm³/mol. The summed E-state index contributed by atoms with van der Waals surface area (Å²) >= 11 is 1.62. The van der Waals surface area contributed by atoms with Gasteiger partial charge in [0.05, 0.1) is 0 Å². The second kappa shape index (κ2) is 10.2. The number of allylic oxidation sites excluding steroid dienone is 9. The Morgan fingerprint density at radius 2 is 2.14 bits per heavy atom. The molecule has 0 fully saturated rings. The fourth-order valence-corrected chi connectivity index (χ4v) is 2.65. The molecule has 22 heavy (non-hydrogen) atoms. The Morgan fingerprint density at radius 3 is 2.86 bits per heavy atom. The quantitative estimate of drug-likeness (QED) is 0.442. The van der Waals surface area contributed by atoms with E-state index in [1.807, 2.05) is 6.08 Å². The first kappa shape index (κ1) is 18.5. The van der Waals surface area contributed by atoms with Crippen molar-refractivity contribution < 1.29 is 0 Å². The van der Waals surface area contributed by atoms with Gasteiger partial charge in [0.1, 0.15) is 0 Å². The van der Waals surface area contributed by atoms with Crippen LogP contribution < -0.4 is 4.72 Å². The lowest BCUT2D eigenvalue weighted by Crippen LogP contribution is -2.21. The van der Waals surface area contributed by atoms with Crippen molar-refractivity contribution in [2.75, 3.05) is 7.05 Å². The Morgan fingerprint density at radius 1 is 1.36 bits per heavy atom. The molecule has 1 unspecified atom stereocenters. The second-order valence-corrected chi connectivity index (χ2v) is 6.07. The molecular weight excluding hydrogens is 288 g/mol. The van der Waals surface area contributed by atoms with E-state index >= 15 is 0 Å². The molecule has 0 aromatic heterocycles. The summed E-state index contributed by atoms with van der Waals surface area (Å²) in [5.41, 5.74) is 5.04. The van der Waals surface area contributed by atoms with Gasteiger partial charge >= 0.3 is 0 Å². The molecule has 0 radical (unpaired) electrons. The standard InChI is InChI=1S/C19H26N2S/c1-15(8-6-12-20-5)10-11-19-17(3)14-16(2)9-7-13-22-21-18(19)4/h6-14,18,21H,1-5H3/b8-6-,13-7+,15-10+,16-9-,17-14+,19-11+,20-12?. The fourth-order valence-electron chi connectivity index (χ4n) is 2.08. The summed E-state index contributed by atoms with van der Waals surface area (Å²) in [5, 5.41) is 2.07. The van der Waals surface area contributed by atoms with Gasteiger partial charge in [0.25, 0.3) is 0 Å². The molecule has 0 saturated carbocycles. The Hall–Kier alpha value is -1.58. The molecule has 1 rings (SSSR count). The zero-order valence-electron chi connectivity index (χ0n) is 14.1. The monoisotopic (exact) mass is 314 g/mol. The molecule has 0 aliphatic carbocycles. The lowest BCUT2D eigenvalue weighted by atomic mass is 9.98. The summed E-state index contributed by atoms with van der Waals surface area (Å²) in [7, 11) is 1.77. The maximum atomic E-state index is 3.94. The largest absolute Gasteiger partial charge is 0.297 e. The molecule has 118 valence electrons. The fraction of sp³-hybridized carbons (Fsp3) is 0.316. The van der Waals surface area contributed by atoms with Gasteiger partial charge in [-0.15, -0.1) is 0 Å². The minimum atomic E-state index is 0.280. The number of nitrogens with zero attached hydrogens (tertiary/aromatic N) is 1. The second-order valence-electron chi connectivity index (χ2n) is 5.32. The van der Waals surface area contributed by atoms with E-state index in [0.717, 1.165) is 0 Å². The van der Waals surface area contributed by atoms with E-state index in [4.69, 9.17) is 0 Å². The third-order valence-corrected chi connectivity index (χ3v) is 4.02. The van der Waals surface area contributed by atoms with Crippen molar-refractivity contribution >= 4 is 18.2 Å². The third-order valence-electron chi connectivity index (χ3n) is 3.24. The average Bonchev–Trinajstić information content (AvgIpc) is 2.46. The molecule has 1 heterocycles. The summed E-state index contributed by atoms with van der Waals surface area (Å²) in [4.78, 5) is 3.94. The normalized spacial score (nSPS) is 29.4. The number of rotatable bonds is 3. The van der Waals surface area contributed by atoms with Crippen LogP contribution in [0.4, 0.5) is 0 Å². The van der Waals surface area contributed by atoms with Gasteiger partial charge in [-0.2, -0.15) is 0 Å². The molecule has 0 aromatic rings. The maximum absolute atomic E-state index is 3.94. The summed E-state index contributed by atoms with van der Waals surface area (Å²) in [6, 6.07) is 0.280. The number of hydrogen-bond donors (Lipinski definition) is 1. The van der Waals surface area contributed by atoms with E-state index in [9.17, 15) is 0 Å². The van der Waals surface area contributed by atoms with Gasteiger partial charge < -0.3 is 0 Å². The van der Waals surface area contributed by atoms with E-state index in [1.165, 1.54) is 22.3 Å². The zero-order valence-corrected chi connectivity index (χ0v) is 14.9. The first-order chi connectivity index (χ1) is 10.5. The van der Waals surface area contributed by atoms with Gasteiger partial charge in [-0.3, -0.25) is 9.71 Å². The predicted octanol–water partition coefficient (Wildman–Crippen LogP) is 5.16. The van der Waals surface area contributed by atoms with Crippen molar-refractivity contribution in [1.29, 1.82) is 0 Å². The molecule has 0 aromatic carbocycles. The highest BCUT2D eigenvalue weighted by Gasteiger charge is 2.10. The minimum absolute atomic E-state index is 0.280. The van der Waals surface area contributed by atoms with Crippen molar-refractivity contribution in [3.05, 3.63) is 70.2 Å². The molecule has 1 aliphatic heterocycles. The van der Waals surface area contributed by atoms with Crippen molar-refractivity contribution in [2.24, 2.45) is 4.99 Å². The first-order valence-electron chi connectivity index (χ1n) is 7.45. The van der Waals surface area contributed by atoms with Gasteiger partial charge in [0.2, 0.25) is 0 Å². The summed E-state index contributed by atoms with van der Waals surface area (Å²) in [5.74, 6) is 0. The van der Waals surface area contributed by atoms with Crippen LogP contribution in [0.3, 0.4) is 0 Å². The summed E-state index contributed by atoms with van der Waals surface area (Å²) in [6.45, 7) is 8.58. The van der Waals surface area contributed by atoms with Gasteiger partial charge in [-0.25, -0.2) is 0 Å². The van der Waals surface area contributed by atoms with E-state index in [2.05, 4.69) is 79.3 Å². The molecule has 0 spiro atoms. The van der Waals surface area contributed by atoms with Crippen LogP contribution >= 0.6 is 11.9 Å². The lowest BCUT2D eigenvalue weighted by Gasteiger charge is -2.18. The van der Waals surface area contributed by atoms with Crippen molar-refractivity contribution in [1.82, 2.24) is 4.72 Å². The summed E-state index contributed by atoms with van der Waals surface area (Å²) in [6.07, 6.45) is 16.6. The van der Waals surface area contributed by atoms with Gasteiger partial charge in [0, 0.05) is 19.3 Å². The van der Waals surface area contributed by atoms with E-state index in [1.54, 1.807) is 25.2 Å². The van der Waals surface area contributed by atoms with Crippen LogP contribution in [0.2, 0.25) is 0 Å². The molecule has 3 heteroatoms. The Kier molecular flexibility index (Phi) is 8.56. The molecule has 1 aliphatic rings. The number of hydrogen-bond acceptors (Lipinski definition) is 3. The third kappa shape index (κ3) is 6.92. The Balaban J connectivity index is 3.07. The highest BCUT2D eigenvalue weighted by atomic mass is 32.2. The number of aliphatic imine (C=N–C) groups is 1. The maximum Gasteiger partial charge on any atom is 0.0399 e. The van der Waals surface area contributed by atoms with Crippen molar-refractivity contribution in [3.8, 4) is 0 Å². The molecule has 1 atom stereocenters. The molecule has 1 N–H and O–H groups in total. The van der Waals surface area contributed by atoms with E-state index < -0.39 is 0 Å². The molecular formula is C19H26N2S. The van der Waals surface area contributed by atoms with Gasteiger partial charge in [0.15, 0.2) is 0 Å². The molecule has 0 amide bonds. The molecule has 0 saturated heterocycles. The van der Waals surface area contributed by atoms with Crippen LogP contribution in [0.1, 0.15) is 27.7 Å². The van der Waals surface area contributed by atoms with Crippen LogP contribution in [0, 0.1) is 0 Å². The molecule has 2 nitrogen and oxygen atoms in total. The van der Waals surface area contributed by atoms with Crippen LogP contribution in [0.15, 0.2) is 75.2 Å². The van der Waals surface area contributed by atoms with Crippen LogP contribution in [0.25, 0.3) is 0 Å². The van der Waals surface area contributed by atoms with Crippen molar-refractivity contribution in [3.63, 3.8) is 0 Å². The Labute approximate surface area is 139 Å². The SMILES string of the molecule is CN=C\C=C/C(C)=C/C=C1\C(C)=C\C(C)=C/C=C/SNC1C. The van der Waals surface area contributed by atoms with Crippen LogP contribution in [0.5, 0.6) is 0 Å². The van der Waals surface area contributed by atoms with Crippen LogP contribution in [-0.4, -0.2) is 19.3 Å². The average molecular weight is 314 g/mol. The Bertz CT molecular complexity index is 572. The van der Waals surface area contributed by atoms with E-state index in [0.29, 0.717) is 0 Å². The summed E-state index contributed by atoms with van der Waals surface area (Å²) < 4.78 is 3.45. The van der Waals surface area contributed by atoms with E-state index in [-0.39, 0.29) is 6.04 Å². The lowest BCUT2D eigenvalue weighted by molar-refractivity contribution is 0.807. The topological polar surface area (TPSA) is 24.4 Å². The highest BCUT2D eigenvalue weighted by molar-refractivity contribution is 8.00. The van der Waals surface area contributed by atoms with Crippen molar-refractivity contribution in [2.45, 2.75) is 33.7 Å². The highest BCUT2D eigenvalue weighted by Crippen LogP contribution is 2.20. The van der Waals surface area contributed by atoms with Gasteiger partial charge in [-0.05, 0) is 50.3 Å². The minimum Gasteiger partial charge on any atom is -0.297 e. The number of nitrogens with one attached hydrogen (secondary N) is 1.